The van der Waals surface area contributed by atoms with E-state index in [1.807, 2.05) is 6.92 Å². The van der Waals surface area contributed by atoms with E-state index in [2.05, 4.69) is 5.32 Å². The Balaban J connectivity index is 2.29. The molecule has 16 heavy (non-hydrogen) atoms. The van der Waals surface area contributed by atoms with E-state index in [0.29, 0.717) is 6.54 Å². The molecule has 88 valence electrons. The number of rotatable bonds is 6. The molecule has 1 amide bonds. The molecule has 0 aliphatic carbocycles. The lowest BCUT2D eigenvalue weighted by Gasteiger charge is -2.07. The highest BCUT2D eigenvalue weighted by molar-refractivity contribution is 5.77. The molecule has 3 nitrogen and oxygen atoms in total. The summed E-state index contributed by atoms with van der Waals surface area (Å²) < 4.78 is 18.1. The minimum absolute atomic E-state index is 0.105. The molecule has 0 saturated heterocycles. The lowest BCUT2D eigenvalue weighted by molar-refractivity contribution is -0.123. The highest BCUT2D eigenvalue weighted by atomic mass is 19.1. The van der Waals surface area contributed by atoms with Crippen LogP contribution in [0.4, 0.5) is 4.39 Å². The largest absolute Gasteiger partial charge is 0.481 e. The second kappa shape index (κ2) is 6.82. The smallest absolute Gasteiger partial charge is 0.257 e. The van der Waals surface area contributed by atoms with Gasteiger partial charge in [0.25, 0.3) is 5.91 Å². The molecular formula is C12H16FNO2. The van der Waals surface area contributed by atoms with Gasteiger partial charge in [0.15, 0.2) is 18.2 Å². The molecular weight excluding hydrogens is 209 g/mol. The van der Waals surface area contributed by atoms with Crippen LogP contribution in [0.2, 0.25) is 0 Å². The molecule has 1 aromatic rings. The maximum atomic E-state index is 13.1. The van der Waals surface area contributed by atoms with E-state index < -0.39 is 5.82 Å². The summed E-state index contributed by atoms with van der Waals surface area (Å²) in [5.41, 5.74) is 0. The van der Waals surface area contributed by atoms with Gasteiger partial charge in [-0.25, -0.2) is 4.39 Å². The zero-order valence-electron chi connectivity index (χ0n) is 9.33. The van der Waals surface area contributed by atoms with Crippen molar-refractivity contribution >= 4 is 5.91 Å². The summed E-state index contributed by atoms with van der Waals surface area (Å²) in [5.74, 6) is -0.575. The van der Waals surface area contributed by atoms with Crippen molar-refractivity contribution in [2.45, 2.75) is 19.8 Å². The van der Waals surface area contributed by atoms with Crippen molar-refractivity contribution < 1.29 is 13.9 Å². The summed E-state index contributed by atoms with van der Waals surface area (Å²) in [6.45, 7) is 2.53. The molecule has 0 atom stereocenters. The standard InChI is InChI=1S/C12H16FNO2/c1-2-3-8-14-12(15)9-16-11-7-5-4-6-10(11)13/h4-7H,2-3,8-9H2,1H3,(H,14,15). The van der Waals surface area contributed by atoms with E-state index in [9.17, 15) is 9.18 Å². The van der Waals surface area contributed by atoms with Crippen LogP contribution in [0.15, 0.2) is 24.3 Å². The molecule has 1 rings (SSSR count). The molecule has 0 saturated carbocycles. The topological polar surface area (TPSA) is 38.3 Å². The highest BCUT2D eigenvalue weighted by Gasteiger charge is 2.05. The first kappa shape index (κ1) is 12.5. The van der Waals surface area contributed by atoms with Crippen LogP contribution < -0.4 is 10.1 Å². The van der Waals surface area contributed by atoms with Crippen LogP contribution in [0.5, 0.6) is 5.75 Å². The van der Waals surface area contributed by atoms with Gasteiger partial charge in [-0.05, 0) is 18.6 Å². The molecule has 0 heterocycles. The maximum absolute atomic E-state index is 13.1. The van der Waals surface area contributed by atoms with Crippen molar-refractivity contribution in [2.24, 2.45) is 0 Å². The van der Waals surface area contributed by atoms with Crippen molar-refractivity contribution in [1.29, 1.82) is 0 Å². The number of hydrogen-bond donors (Lipinski definition) is 1. The summed E-state index contributed by atoms with van der Waals surface area (Å²) in [6, 6.07) is 6.02. The first-order chi connectivity index (χ1) is 7.74. The van der Waals surface area contributed by atoms with Gasteiger partial charge in [0.2, 0.25) is 0 Å². The summed E-state index contributed by atoms with van der Waals surface area (Å²) in [5, 5.41) is 2.69. The van der Waals surface area contributed by atoms with Gasteiger partial charge in [-0.15, -0.1) is 0 Å². The number of hydrogen-bond acceptors (Lipinski definition) is 2. The summed E-state index contributed by atoms with van der Waals surface area (Å²) in [6.07, 6.45) is 1.96. The maximum Gasteiger partial charge on any atom is 0.257 e. The van der Waals surface area contributed by atoms with Crippen LogP contribution in [-0.2, 0) is 4.79 Å². The van der Waals surface area contributed by atoms with Crippen LogP contribution in [0, 0.1) is 5.82 Å². The number of amides is 1. The lowest BCUT2D eigenvalue weighted by atomic mass is 10.3. The van der Waals surface area contributed by atoms with Gasteiger partial charge in [0.1, 0.15) is 0 Å². The molecule has 1 aromatic carbocycles. The van der Waals surface area contributed by atoms with E-state index >= 15 is 0 Å². The van der Waals surface area contributed by atoms with Crippen LogP contribution in [-0.4, -0.2) is 19.1 Å². The van der Waals surface area contributed by atoms with Crippen molar-refractivity contribution in [3.63, 3.8) is 0 Å². The van der Waals surface area contributed by atoms with Crippen LogP contribution >= 0.6 is 0 Å². The average molecular weight is 225 g/mol. The molecule has 0 bridgehead atoms. The predicted molar refractivity (Wildman–Crippen MR) is 59.8 cm³/mol. The van der Waals surface area contributed by atoms with Gasteiger partial charge in [-0.1, -0.05) is 25.5 Å². The third-order valence-electron chi connectivity index (χ3n) is 2.05. The van der Waals surface area contributed by atoms with Crippen molar-refractivity contribution in [2.75, 3.05) is 13.2 Å². The molecule has 0 aliphatic rings. The number of para-hydroxylation sites is 1. The monoisotopic (exact) mass is 225 g/mol. The quantitative estimate of drug-likeness (QED) is 0.753. The number of benzene rings is 1. The number of ether oxygens (including phenoxy) is 1. The number of nitrogens with one attached hydrogen (secondary N) is 1. The molecule has 0 spiro atoms. The molecule has 4 heteroatoms. The molecule has 1 N–H and O–H groups in total. The third kappa shape index (κ3) is 4.29. The second-order valence-corrected chi connectivity index (χ2v) is 3.42. The minimum atomic E-state index is -0.455. The first-order valence-electron chi connectivity index (χ1n) is 5.38. The Hall–Kier alpha value is -1.58. The van der Waals surface area contributed by atoms with Gasteiger partial charge in [0, 0.05) is 6.54 Å². The Bertz CT molecular complexity index is 342. The van der Waals surface area contributed by atoms with Gasteiger partial charge < -0.3 is 10.1 Å². The van der Waals surface area contributed by atoms with Crippen molar-refractivity contribution in [3.8, 4) is 5.75 Å². The first-order valence-corrected chi connectivity index (χ1v) is 5.38. The zero-order chi connectivity index (χ0) is 11.8. The SMILES string of the molecule is CCCCNC(=O)COc1ccccc1F. The van der Waals surface area contributed by atoms with Gasteiger partial charge in [-0.2, -0.15) is 0 Å². The third-order valence-corrected chi connectivity index (χ3v) is 2.05. The van der Waals surface area contributed by atoms with Gasteiger partial charge in [-0.3, -0.25) is 4.79 Å². The predicted octanol–water partition coefficient (Wildman–Crippen LogP) is 2.12. The minimum Gasteiger partial charge on any atom is -0.481 e. The fraction of sp³-hybridized carbons (Fsp3) is 0.417. The molecule has 0 aliphatic heterocycles. The van der Waals surface area contributed by atoms with E-state index in [-0.39, 0.29) is 18.3 Å². The second-order valence-electron chi connectivity index (χ2n) is 3.42. The van der Waals surface area contributed by atoms with Crippen LogP contribution in [0.25, 0.3) is 0 Å². The Morgan fingerprint density at radius 1 is 1.44 bits per heavy atom. The fourth-order valence-electron chi connectivity index (χ4n) is 1.16. The van der Waals surface area contributed by atoms with Gasteiger partial charge >= 0.3 is 0 Å². The fourth-order valence-corrected chi connectivity index (χ4v) is 1.16. The van der Waals surface area contributed by atoms with Gasteiger partial charge in [0.05, 0.1) is 0 Å². The number of carbonyl (C=O) groups is 1. The lowest BCUT2D eigenvalue weighted by Crippen LogP contribution is -2.29. The van der Waals surface area contributed by atoms with Crippen LogP contribution in [0.1, 0.15) is 19.8 Å². The Morgan fingerprint density at radius 2 is 2.19 bits per heavy atom. The molecule has 0 aromatic heterocycles. The van der Waals surface area contributed by atoms with E-state index in [0.717, 1.165) is 12.8 Å². The highest BCUT2D eigenvalue weighted by Crippen LogP contribution is 2.14. The number of unbranched alkanes of at least 4 members (excludes halogenated alkanes) is 1. The number of carbonyl (C=O) groups excluding carboxylic acids is 1. The normalized spacial score (nSPS) is 9.88. The zero-order valence-corrected chi connectivity index (χ0v) is 9.33. The Labute approximate surface area is 94.6 Å². The van der Waals surface area contributed by atoms with E-state index in [4.69, 9.17) is 4.74 Å². The van der Waals surface area contributed by atoms with E-state index in [1.165, 1.54) is 12.1 Å². The molecule has 0 radical (unpaired) electrons. The molecule has 0 fully saturated rings. The molecule has 0 unspecified atom stereocenters. The average Bonchev–Trinajstić information content (AvgIpc) is 2.28. The van der Waals surface area contributed by atoms with E-state index in [1.54, 1.807) is 12.1 Å². The summed E-state index contributed by atoms with van der Waals surface area (Å²) in [4.78, 5) is 11.2. The number of halogens is 1. The Kier molecular flexibility index (Phi) is 5.32. The Morgan fingerprint density at radius 3 is 2.88 bits per heavy atom. The summed E-state index contributed by atoms with van der Waals surface area (Å²) in [7, 11) is 0. The van der Waals surface area contributed by atoms with Crippen molar-refractivity contribution in [1.82, 2.24) is 5.32 Å². The van der Waals surface area contributed by atoms with Crippen LogP contribution in [0.3, 0.4) is 0 Å². The summed E-state index contributed by atoms with van der Waals surface area (Å²) >= 11 is 0. The van der Waals surface area contributed by atoms with Crippen molar-refractivity contribution in [3.05, 3.63) is 30.1 Å².